The molecular weight excluding hydrogens is 409 g/mol. The van der Waals surface area contributed by atoms with Crippen molar-refractivity contribution in [3.8, 4) is 11.5 Å². The van der Waals surface area contributed by atoms with Crippen molar-refractivity contribution < 1.29 is 27.4 Å². The molecule has 5 nitrogen and oxygen atoms in total. The van der Waals surface area contributed by atoms with Crippen LogP contribution in [-0.2, 0) is 11.3 Å². The predicted octanol–water partition coefficient (Wildman–Crippen LogP) is 4.11. The molecular formula is C23H29F3N2O3. The summed E-state index contributed by atoms with van der Waals surface area (Å²) >= 11 is 0. The molecule has 0 bridgehead atoms. The van der Waals surface area contributed by atoms with Gasteiger partial charge in [0.15, 0.2) is 18.1 Å². The predicted molar refractivity (Wildman–Crippen MR) is 113 cm³/mol. The van der Waals surface area contributed by atoms with E-state index in [1.54, 1.807) is 12.1 Å². The van der Waals surface area contributed by atoms with Crippen LogP contribution in [0.4, 0.5) is 13.2 Å². The van der Waals surface area contributed by atoms with E-state index in [1.807, 2.05) is 0 Å². The number of rotatable bonds is 9. The Hall–Kier alpha value is -2.29. The highest BCUT2D eigenvalue weighted by Crippen LogP contribution is 2.30. The van der Waals surface area contributed by atoms with Gasteiger partial charge in [0.25, 0.3) is 0 Å². The molecule has 0 aromatic heterocycles. The molecule has 31 heavy (non-hydrogen) atoms. The molecule has 1 N–H and O–H groups in total. The van der Waals surface area contributed by atoms with Gasteiger partial charge in [0.05, 0.1) is 20.3 Å². The van der Waals surface area contributed by atoms with Crippen molar-refractivity contribution in [1.29, 1.82) is 0 Å². The molecule has 1 heterocycles. The number of nitrogens with zero attached hydrogens (tertiary/aromatic N) is 1. The molecule has 1 saturated heterocycles. The molecule has 2 aromatic rings. The first-order valence-corrected chi connectivity index (χ1v) is 10.3. The van der Waals surface area contributed by atoms with E-state index < -0.39 is 12.8 Å². The fraction of sp³-hybridized carbons (Fsp3) is 0.478. The largest absolute Gasteiger partial charge is 0.493 e. The Morgan fingerprint density at radius 3 is 2.55 bits per heavy atom. The van der Waals surface area contributed by atoms with Crippen LogP contribution in [-0.4, -0.2) is 57.6 Å². The number of hydrogen-bond donors (Lipinski definition) is 1. The zero-order valence-electron chi connectivity index (χ0n) is 17.9. The molecule has 1 aliphatic heterocycles. The molecule has 8 heteroatoms. The van der Waals surface area contributed by atoms with E-state index in [2.05, 4.69) is 41.4 Å². The molecule has 2 aromatic carbocycles. The van der Waals surface area contributed by atoms with Gasteiger partial charge >= 0.3 is 6.18 Å². The Labute approximate surface area is 181 Å². The zero-order valence-corrected chi connectivity index (χ0v) is 17.9. The Morgan fingerprint density at radius 1 is 1.10 bits per heavy atom. The summed E-state index contributed by atoms with van der Waals surface area (Å²) in [7, 11) is 1.42. The maximum Gasteiger partial charge on any atom is 0.422 e. The summed E-state index contributed by atoms with van der Waals surface area (Å²) in [4.78, 5) is 2.42. The molecule has 0 saturated carbocycles. The Bertz CT molecular complexity index is 839. The van der Waals surface area contributed by atoms with Crippen molar-refractivity contribution in [1.82, 2.24) is 10.2 Å². The quantitative estimate of drug-likeness (QED) is 0.638. The van der Waals surface area contributed by atoms with Crippen LogP contribution < -0.4 is 14.8 Å². The SMILES string of the molecule is COc1cc(CNCC(c2cccc(C)c2)N2CCOCC2)ccc1OCC(F)(F)F. The van der Waals surface area contributed by atoms with E-state index in [4.69, 9.17) is 14.2 Å². The summed E-state index contributed by atoms with van der Waals surface area (Å²) in [6.45, 7) is 5.22. The second-order valence-corrected chi connectivity index (χ2v) is 7.60. The third-order valence-electron chi connectivity index (χ3n) is 5.20. The Balaban J connectivity index is 1.64. The molecule has 1 aliphatic rings. The van der Waals surface area contributed by atoms with E-state index in [0.717, 1.165) is 38.4 Å². The summed E-state index contributed by atoms with van der Waals surface area (Å²) < 4.78 is 52.9. The molecule has 0 radical (unpaired) electrons. The van der Waals surface area contributed by atoms with Gasteiger partial charge in [-0.15, -0.1) is 0 Å². The third-order valence-corrected chi connectivity index (χ3v) is 5.20. The standard InChI is InChI=1S/C23H29F3N2O3/c1-17-4-3-5-19(12-17)20(28-8-10-30-11-9-28)15-27-14-18-6-7-21(22(13-18)29-2)31-16-23(24,25)26/h3-7,12-13,20,27H,8-11,14-16H2,1-2H3. The lowest BCUT2D eigenvalue weighted by atomic mass is 10.0. The van der Waals surface area contributed by atoms with Gasteiger partial charge in [0, 0.05) is 32.2 Å². The summed E-state index contributed by atoms with van der Waals surface area (Å²) in [5, 5.41) is 3.49. The minimum Gasteiger partial charge on any atom is -0.493 e. The van der Waals surface area contributed by atoms with Gasteiger partial charge in [0.2, 0.25) is 0 Å². The van der Waals surface area contributed by atoms with Crippen molar-refractivity contribution in [2.75, 3.05) is 46.6 Å². The second-order valence-electron chi connectivity index (χ2n) is 7.60. The van der Waals surface area contributed by atoms with Crippen LogP contribution in [0.1, 0.15) is 22.7 Å². The molecule has 1 unspecified atom stereocenters. The maximum atomic E-state index is 12.4. The first kappa shape index (κ1) is 23.4. The minimum atomic E-state index is -4.39. The number of nitrogens with one attached hydrogen (secondary N) is 1. The number of morpholine rings is 1. The normalized spacial score (nSPS) is 16.2. The Kier molecular flexibility index (Phi) is 8.17. The first-order chi connectivity index (χ1) is 14.9. The van der Waals surface area contributed by atoms with Crippen LogP contribution in [0.3, 0.4) is 0 Å². The van der Waals surface area contributed by atoms with Crippen LogP contribution in [0, 0.1) is 6.92 Å². The number of methoxy groups -OCH3 is 1. The minimum absolute atomic E-state index is 0.0783. The van der Waals surface area contributed by atoms with Crippen molar-refractivity contribution >= 4 is 0 Å². The molecule has 0 spiro atoms. The third kappa shape index (κ3) is 7.12. The average molecular weight is 438 g/mol. The number of alkyl halides is 3. The highest BCUT2D eigenvalue weighted by molar-refractivity contribution is 5.43. The van der Waals surface area contributed by atoms with Gasteiger partial charge < -0.3 is 19.5 Å². The molecule has 1 atom stereocenters. The number of halogens is 3. The first-order valence-electron chi connectivity index (χ1n) is 10.3. The van der Waals surface area contributed by atoms with Gasteiger partial charge in [-0.3, -0.25) is 4.90 Å². The molecule has 3 rings (SSSR count). The second kappa shape index (κ2) is 10.8. The summed E-state index contributed by atoms with van der Waals surface area (Å²) in [5.41, 5.74) is 3.37. The van der Waals surface area contributed by atoms with Gasteiger partial charge in [-0.25, -0.2) is 0 Å². The van der Waals surface area contributed by atoms with Crippen molar-refractivity contribution in [2.24, 2.45) is 0 Å². The van der Waals surface area contributed by atoms with E-state index in [-0.39, 0.29) is 17.5 Å². The van der Waals surface area contributed by atoms with E-state index in [0.29, 0.717) is 6.54 Å². The van der Waals surface area contributed by atoms with Crippen LogP contribution >= 0.6 is 0 Å². The van der Waals surface area contributed by atoms with Crippen molar-refractivity contribution in [3.63, 3.8) is 0 Å². The van der Waals surface area contributed by atoms with Crippen molar-refractivity contribution in [3.05, 3.63) is 59.2 Å². The summed E-state index contributed by atoms with van der Waals surface area (Å²) in [6.07, 6.45) is -4.39. The van der Waals surface area contributed by atoms with Gasteiger partial charge in [-0.2, -0.15) is 13.2 Å². The summed E-state index contributed by atoms with van der Waals surface area (Å²) in [6, 6.07) is 13.7. The number of aryl methyl sites for hydroxylation is 1. The monoisotopic (exact) mass is 438 g/mol. The molecule has 170 valence electrons. The maximum absolute atomic E-state index is 12.4. The van der Waals surface area contributed by atoms with Crippen LogP contribution in [0.15, 0.2) is 42.5 Å². The van der Waals surface area contributed by atoms with Gasteiger partial charge in [-0.05, 0) is 30.2 Å². The highest BCUT2D eigenvalue weighted by Gasteiger charge is 2.29. The van der Waals surface area contributed by atoms with Gasteiger partial charge in [-0.1, -0.05) is 35.9 Å². The molecule has 0 aliphatic carbocycles. The van der Waals surface area contributed by atoms with Crippen molar-refractivity contribution in [2.45, 2.75) is 25.7 Å². The number of ether oxygens (including phenoxy) is 3. The molecule has 0 amide bonds. The van der Waals surface area contributed by atoms with Crippen LogP contribution in [0.5, 0.6) is 11.5 Å². The van der Waals surface area contributed by atoms with E-state index in [1.165, 1.54) is 24.3 Å². The fourth-order valence-electron chi connectivity index (χ4n) is 3.68. The highest BCUT2D eigenvalue weighted by atomic mass is 19.4. The zero-order chi connectivity index (χ0) is 22.3. The van der Waals surface area contributed by atoms with Crippen LogP contribution in [0.25, 0.3) is 0 Å². The Morgan fingerprint density at radius 2 is 1.87 bits per heavy atom. The lowest BCUT2D eigenvalue weighted by molar-refractivity contribution is -0.153. The topological polar surface area (TPSA) is 43.0 Å². The van der Waals surface area contributed by atoms with E-state index >= 15 is 0 Å². The number of hydrogen-bond acceptors (Lipinski definition) is 5. The van der Waals surface area contributed by atoms with Gasteiger partial charge in [0.1, 0.15) is 0 Å². The number of benzene rings is 2. The smallest absolute Gasteiger partial charge is 0.422 e. The lowest BCUT2D eigenvalue weighted by Crippen LogP contribution is -2.42. The lowest BCUT2D eigenvalue weighted by Gasteiger charge is -2.35. The fourth-order valence-corrected chi connectivity index (χ4v) is 3.68. The van der Waals surface area contributed by atoms with Crippen LogP contribution in [0.2, 0.25) is 0 Å². The average Bonchev–Trinajstić information content (AvgIpc) is 2.75. The summed E-state index contributed by atoms with van der Waals surface area (Å²) in [5.74, 6) is 0.362. The van der Waals surface area contributed by atoms with E-state index in [9.17, 15) is 13.2 Å². The molecule has 1 fully saturated rings.